The Kier molecular flexibility index (Phi) is 8.68. The molecule has 0 N–H and O–H groups in total. The first-order valence-corrected chi connectivity index (χ1v) is 12.8. The molecule has 0 saturated carbocycles. The number of hydrogen-bond acceptors (Lipinski definition) is 8. The zero-order valence-corrected chi connectivity index (χ0v) is 22.3. The predicted molar refractivity (Wildman–Crippen MR) is 144 cm³/mol. The maximum absolute atomic E-state index is 13.3. The molecule has 1 amide bonds. The standard InChI is InChI=1S/C28H31N3O5S/c1-19-25(27(33)36-14-13-34-3)26(21-11-8-12-23(15-21)35-4)31-22(18-37-28(31)29-19)16-24(32)30(2)17-20-9-6-5-7-10-20/h5-12,15,18,26H,13-14,16-17H2,1-4H3. The van der Waals surface area contributed by atoms with Crippen LogP contribution < -0.4 is 4.74 Å². The lowest BCUT2D eigenvalue weighted by Gasteiger charge is -2.36. The highest BCUT2D eigenvalue weighted by Crippen LogP contribution is 2.45. The summed E-state index contributed by atoms with van der Waals surface area (Å²) >= 11 is 1.45. The van der Waals surface area contributed by atoms with Gasteiger partial charge in [-0.05, 0) is 35.6 Å². The lowest BCUT2D eigenvalue weighted by molar-refractivity contribution is -0.141. The van der Waals surface area contributed by atoms with Crippen LogP contribution >= 0.6 is 11.8 Å². The molecule has 37 heavy (non-hydrogen) atoms. The molecule has 2 aliphatic rings. The Hall–Kier alpha value is -3.56. The van der Waals surface area contributed by atoms with Crippen LogP contribution in [0.25, 0.3) is 0 Å². The van der Waals surface area contributed by atoms with Gasteiger partial charge in [0, 0.05) is 26.4 Å². The summed E-state index contributed by atoms with van der Waals surface area (Å²) in [6.07, 6.45) is 0.168. The van der Waals surface area contributed by atoms with Crippen molar-refractivity contribution in [2.75, 3.05) is 34.5 Å². The Balaban J connectivity index is 1.63. The van der Waals surface area contributed by atoms with Crippen LogP contribution in [0.5, 0.6) is 5.75 Å². The molecule has 0 aromatic heterocycles. The molecule has 2 heterocycles. The summed E-state index contributed by atoms with van der Waals surface area (Å²) in [5.41, 5.74) is 3.67. The first kappa shape index (κ1) is 26.5. The number of aliphatic imine (C=N–C) groups is 1. The van der Waals surface area contributed by atoms with Crippen molar-refractivity contribution in [1.29, 1.82) is 0 Å². The number of carbonyl (C=O) groups excluding carboxylic acids is 2. The number of nitrogens with zero attached hydrogens (tertiary/aromatic N) is 3. The van der Waals surface area contributed by atoms with E-state index in [1.54, 1.807) is 26.2 Å². The number of esters is 1. The van der Waals surface area contributed by atoms with Gasteiger partial charge in [0.05, 0.1) is 37.4 Å². The van der Waals surface area contributed by atoms with E-state index in [1.165, 1.54) is 11.8 Å². The summed E-state index contributed by atoms with van der Waals surface area (Å²) < 4.78 is 16.0. The van der Waals surface area contributed by atoms with Crippen LogP contribution in [0, 0.1) is 0 Å². The number of hydrogen-bond donors (Lipinski definition) is 0. The van der Waals surface area contributed by atoms with E-state index in [0.29, 0.717) is 35.3 Å². The molecule has 0 radical (unpaired) electrons. The van der Waals surface area contributed by atoms with Crippen molar-refractivity contribution in [3.63, 3.8) is 0 Å². The van der Waals surface area contributed by atoms with Crippen LogP contribution in [0.1, 0.15) is 30.5 Å². The normalized spacial score (nSPS) is 16.6. The summed E-state index contributed by atoms with van der Waals surface area (Å²) in [4.78, 5) is 34.9. The number of benzene rings is 2. The Labute approximate surface area is 221 Å². The Morgan fingerprint density at radius 2 is 1.86 bits per heavy atom. The molecule has 2 aromatic carbocycles. The number of methoxy groups -OCH3 is 2. The van der Waals surface area contributed by atoms with Crippen molar-refractivity contribution in [2.24, 2.45) is 4.99 Å². The highest BCUT2D eigenvalue weighted by Gasteiger charge is 2.41. The predicted octanol–water partition coefficient (Wildman–Crippen LogP) is 4.51. The molecule has 9 heteroatoms. The number of amides is 1. The molecule has 1 unspecified atom stereocenters. The molecule has 8 nitrogen and oxygen atoms in total. The Morgan fingerprint density at radius 1 is 1.08 bits per heavy atom. The van der Waals surface area contributed by atoms with Gasteiger partial charge in [-0.2, -0.15) is 0 Å². The third kappa shape index (κ3) is 6.06. The van der Waals surface area contributed by atoms with Gasteiger partial charge in [-0.1, -0.05) is 54.2 Å². The maximum atomic E-state index is 13.3. The third-order valence-electron chi connectivity index (χ3n) is 6.17. The average Bonchev–Trinajstić information content (AvgIpc) is 3.30. The highest BCUT2D eigenvalue weighted by molar-refractivity contribution is 8.16. The van der Waals surface area contributed by atoms with Crippen LogP contribution in [0.4, 0.5) is 0 Å². The van der Waals surface area contributed by atoms with Crippen molar-refractivity contribution < 1.29 is 23.8 Å². The van der Waals surface area contributed by atoms with E-state index in [4.69, 9.17) is 19.2 Å². The van der Waals surface area contributed by atoms with Crippen molar-refractivity contribution in [3.8, 4) is 5.75 Å². The van der Waals surface area contributed by atoms with Gasteiger partial charge in [0.25, 0.3) is 0 Å². The van der Waals surface area contributed by atoms with E-state index >= 15 is 0 Å². The van der Waals surface area contributed by atoms with E-state index in [9.17, 15) is 9.59 Å². The van der Waals surface area contributed by atoms with Gasteiger partial charge in [0.15, 0.2) is 5.17 Å². The molecule has 0 saturated heterocycles. The second-order valence-corrected chi connectivity index (χ2v) is 9.55. The van der Waals surface area contributed by atoms with E-state index < -0.39 is 12.0 Å². The van der Waals surface area contributed by atoms with Crippen LogP contribution in [-0.2, 0) is 25.6 Å². The smallest absolute Gasteiger partial charge is 0.338 e. The summed E-state index contributed by atoms with van der Waals surface area (Å²) in [6.45, 7) is 2.75. The second kappa shape index (κ2) is 12.1. The Morgan fingerprint density at radius 3 is 2.59 bits per heavy atom. The summed E-state index contributed by atoms with van der Waals surface area (Å²) in [5, 5.41) is 2.65. The molecule has 194 valence electrons. The molecule has 0 bridgehead atoms. The highest BCUT2D eigenvalue weighted by atomic mass is 32.2. The van der Waals surface area contributed by atoms with Gasteiger partial charge in [0.2, 0.25) is 5.91 Å². The molecule has 4 rings (SSSR count). The van der Waals surface area contributed by atoms with Crippen LogP contribution in [0.15, 0.2) is 82.0 Å². The molecular weight excluding hydrogens is 490 g/mol. The van der Waals surface area contributed by atoms with Crippen molar-refractivity contribution >= 4 is 28.8 Å². The van der Waals surface area contributed by atoms with Gasteiger partial charge in [0.1, 0.15) is 12.4 Å². The summed E-state index contributed by atoms with van der Waals surface area (Å²) in [5.74, 6) is 0.174. The molecule has 1 atom stereocenters. The van der Waals surface area contributed by atoms with Crippen molar-refractivity contribution in [3.05, 3.63) is 88.1 Å². The van der Waals surface area contributed by atoms with E-state index in [-0.39, 0.29) is 18.9 Å². The van der Waals surface area contributed by atoms with E-state index in [1.807, 2.05) is 71.8 Å². The van der Waals surface area contributed by atoms with E-state index in [2.05, 4.69) is 0 Å². The average molecular weight is 522 g/mol. The third-order valence-corrected chi connectivity index (χ3v) is 7.06. The van der Waals surface area contributed by atoms with Gasteiger partial charge in [-0.15, -0.1) is 0 Å². The topological polar surface area (TPSA) is 80.7 Å². The van der Waals surface area contributed by atoms with Crippen molar-refractivity contribution in [1.82, 2.24) is 9.80 Å². The van der Waals surface area contributed by atoms with Crippen LogP contribution in [0.3, 0.4) is 0 Å². The lowest BCUT2D eigenvalue weighted by Crippen LogP contribution is -2.38. The van der Waals surface area contributed by atoms with Crippen LogP contribution in [0.2, 0.25) is 0 Å². The SMILES string of the molecule is COCCOC(=O)C1=C(C)N=C2SC=C(CC(=O)N(C)Cc3ccccc3)N2C1c1cccc(OC)c1. The van der Waals surface area contributed by atoms with Crippen molar-refractivity contribution in [2.45, 2.75) is 25.9 Å². The summed E-state index contributed by atoms with van der Waals surface area (Å²) in [6, 6.07) is 16.9. The fraction of sp³-hybridized carbons (Fsp3) is 0.321. The van der Waals surface area contributed by atoms with E-state index in [0.717, 1.165) is 16.8 Å². The molecule has 0 spiro atoms. The summed E-state index contributed by atoms with van der Waals surface area (Å²) in [7, 11) is 4.95. The minimum Gasteiger partial charge on any atom is -0.497 e. The number of rotatable bonds is 10. The number of amidine groups is 1. The van der Waals surface area contributed by atoms with Gasteiger partial charge in [-0.25, -0.2) is 9.79 Å². The molecular formula is C28H31N3O5S. The van der Waals surface area contributed by atoms with Gasteiger partial charge in [-0.3, -0.25) is 4.79 Å². The number of allylic oxidation sites excluding steroid dienone is 1. The fourth-order valence-corrected chi connectivity index (χ4v) is 5.25. The fourth-order valence-electron chi connectivity index (χ4n) is 4.29. The number of carbonyl (C=O) groups is 2. The largest absolute Gasteiger partial charge is 0.497 e. The number of thioether (sulfide) groups is 1. The first-order valence-electron chi connectivity index (χ1n) is 11.9. The van der Waals surface area contributed by atoms with Gasteiger partial charge >= 0.3 is 5.97 Å². The monoisotopic (exact) mass is 521 g/mol. The van der Waals surface area contributed by atoms with Crippen LogP contribution in [-0.4, -0.2) is 61.3 Å². The lowest BCUT2D eigenvalue weighted by atomic mass is 9.93. The minimum atomic E-state index is -0.522. The molecule has 0 fully saturated rings. The number of fused-ring (bicyclic) bond motifs is 1. The second-order valence-electron chi connectivity index (χ2n) is 8.71. The Bertz CT molecular complexity index is 1240. The zero-order chi connectivity index (χ0) is 26.4. The van der Waals surface area contributed by atoms with Gasteiger partial charge < -0.3 is 24.0 Å². The zero-order valence-electron chi connectivity index (χ0n) is 21.5. The number of ether oxygens (including phenoxy) is 3. The molecule has 2 aliphatic heterocycles. The molecule has 0 aliphatic carbocycles. The quantitative estimate of drug-likeness (QED) is 0.336. The molecule has 2 aromatic rings. The first-order chi connectivity index (χ1) is 17.9. The maximum Gasteiger partial charge on any atom is 0.338 e. The minimum absolute atomic E-state index is 0.0307.